The highest BCUT2D eigenvalue weighted by Gasteiger charge is 2.10. The van der Waals surface area contributed by atoms with Crippen molar-refractivity contribution in [1.29, 1.82) is 0 Å². The number of hydrogen-bond donors (Lipinski definition) is 1. The average molecular weight is 338 g/mol. The minimum Gasteiger partial charge on any atom is -0.350 e. The van der Waals surface area contributed by atoms with Crippen molar-refractivity contribution in [1.82, 2.24) is 20.3 Å². The first-order valence-corrected chi connectivity index (χ1v) is 8.66. The molecule has 0 radical (unpaired) electrons. The summed E-state index contributed by atoms with van der Waals surface area (Å²) in [5, 5.41) is 10.8. The van der Waals surface area contributed by atoms with Gasteiger partial charge in [0, 0.05) is 17.2 Å². The van der Waals surface area contributed by atoms with Gasteiger partial charge >= 0.3 is 0 Å². The summed E-state index contributed by atoms with van der Waals surface area (Å²) >= 11 is 1.71. The number of aryl methyl sites for hydroxylation is 1. The molecule has 24 heavy (non-hydrogen) atoms. The monoisotopic (exact) mass is 338 g/mol. The molecule has 0 atom stereocenters. The van der Waals surface area contributed by atoms with E-state index in [1.165, 1.54) is 10.5 Å². The van der Waals surface area contributed by atoms with E-state index in [1.807, 2.05) is 49.4 Å². The molecule has 0 fully saturated rings. The summed E-state index contributed by atoms with van der Waals surface area (Å²) in [6, 6.07) is 18.0. The maximum atomic E-state index is 12.1. The normalized spacial score (nSPS) is 10.5. The van der Waals surface area contributed by atoms with Gasteiger partial charge in [0.05, 0.1) is 11.9 Å². The number of carbonyl (C=O) groups excluding carboxylic acids is 1. The zero-order valence-electron chi connectivity index (χ0n) is 13.3. The highest BCUT2D eigenvalue weighted by atomic mass is 32.2. The fraction of sp³-hybridized carbons (Fsp3) is 0.167. The van der Waals surface area contributed by atoms with E-state index in [-0.39, 0.29) is 5.91 Å². The summed E-state index contributed by atoms with van der Waals surface area (Å²) in [5.41, 5.74) is 2.37. The van der Waals surface area contributed by atoms with Crippen molar-refractivity contribution in [3.63, 3.8) is 0 Å². The first-order valence-electron chi connectivity index (χ1n) is 7.68. The Kier molecular flexibility index (Phi) is 5.28. The molecule has 2 aromatic carbocycles. The van der Waals surface area contributed by atoms with Gasteiger partial charge in [0.2, 0.25) is 0 Å². The second-order valence-electron chi connectivity index (χ2n) is 5.30. The summed E-state index contributed by atoms with van der Waals surface area (Å²) in [7, 11) is 0. The summed E-state index contributed by atoms with van der Waals surface area (Å²) in [6.07, 6.45) is 1.64. The van der Waals surface area contributed by atoms with Crippen molar-refractivity contribution in [3.8, 4) is 5.69 Å². The Balaban J connectivity index is 1.51. The molecule has 0 aliphatic heterocycles. The number of nitrogens with one attached hydrogen (secondary N) is 1. The Labute approximate surface area is 145 Å². The zero-order chi connectivity index (χ0) is 16.8. The molecule has 0 saturated heterocycles. The van der Waals surface area contributed by atoms with Crippen LogP contribution in [0, 0.1) is 6.92 Å². The summed E-state index contributed by atoms with van der Waals surface area (Å²) in [4.78, 5) is 13.3. The van der Waals surface area contributed by atoms with Crippen molar-refractivity contribution in [2.75, 3.05) is 12.3 Å². The van der Waals surface area contributed by atoms with Crippen LogP contribution in [0.4, 0.5) is 0 Å². The van der Waals surface area contributed by atoms with Crippen molar-refractivity contribution in [2.45, 2.75) is 11.8 Å². The molecule has 1 heterocycles. The van der Waals surface area contributed by atoms with Crippen molar-refractivity contribution < 1.29 is 4.79 Å². The van der Waals surface area contributed by atoms with Gasteiger partial charge in [0.1, 0.15) is 0 Å². The lowest BCUT2D eigenvalue weighted by Crippen LogP contribution is -2.26. The predicted octanol–water partition coefficient (Wildman–Crippen LogP) is 3.10. The van der Waals surface area contributed by atoms with Crippen LogP contribution in [0.25, 0.3) is 5.69 Å². The van der Waals surface area contributed by atoms with E-state index in [0.717, 1.165) is 11.4 Å². The van der Waals surface area contributed by atoms with Gasteiger partial charge in [-0.2, -0.15) is 0 Å². The van der Waals surface area contributed by atoms with Crippen molar-refractivity contribution in [2.24, 2.45) is 0 Å². The third-order valence-electron chi connectivity index (χ3n) is 3.42. The molecule has 3 rings (SSSR count). The number of amides is 1. The molecule has 0 saturated carbocycles. The quantitative estimate of drug-likeness (QED) is 0.554. The van der Waals surface area contributed by atoms with Gasteiger partial charge in [-0.1, -0.05) is 41.1 Å². The molecule has 0 aliphatic rings. The number of nitrogens with zero attached hydrogens (tertiary/aromatic N) is 3. The predicted molar refractivity (Wildman–Crippen MR) is 95.6 cm³/mol. The Morgan fingerprint density at radius 2 is 1.88 bits per heavy atom. The highest BCUT2D eigenvalue weighted by Crippen LogP contribution is 2.15. The molecule has 1 N–H and O–H groups in total. The van der Waals surface area contributed by atoms with Gasteiger partial charge < -0.3 is 5.32 Å². The van der Waals surface area contributed by atoms with Gasteiger partial charge in [0.25, 0.3) is 5.91 Å². The number of rotatable bonds is 6. The summed E-state index contributed by atoms with van der Waals surface area (Å²) < 4.78 is 1.60. The van der Waals surface area contributed by atoms with Crippen LogP contribution in [0.5, 0.6) is 0 Å². The molecule has 1 aromatic heterocycles. The van der Waals surface area contributed by atoms with Crippen LogP contribution in [0.1, 0.15) is 16.1 Å². The maximum Gasteiger partial charge on any atom is 0.273 e. The molecular weight excluding hydrogens is 320 g/mol. The topological polar surface area (TPSA) is 59.8 Å². The molecule has 3 aromatic rings. The maximum absolute atomic E-state index is 12.1. The van der Waals surface area contributed by atoms with E-state index in [4.69, 9.17) is 0 Å². The summed E-state index contributed by atoms with van der Waals surface area (Å²) in [6.45, 7) is 2.60. The van der Waals surface area contributed by atoms with Gasteiger partial charge in [-0.3, -0.25) is 4.79 Å². The molecule has 0 spiro atoms. The van der Waals surface area contributed by atoms with Crippen LogP contribution >= 0.6 is 11.8 Å². The van der Waals surface area contributed by atoms with Gasteiger partial charge in [0.15, 0.2) is 5.69 Å². The van der Waals surface area contributed by atoms with Crippen LogP contribution in [0.3, 0.4) is 0 Å². The van der Waals surface area contributed by atoms with Crippen LogP contribution in [-0.4, -0.2) is 33.2 Å². The van der Waals surface area contributed by atoms with Crippen molar-refractivity contribution >= 4 is 17.7 Å². The van der Waals surface area contributed by atoms with Crippen LogP contribution in [0.2, 0.25) is 0 Å². The van der Waals surface area contributed by atoms with Gasteiger partial charge in [-0.05, 0) is 31.2 Å². The van der Waals surface area contributed by atoms with E-state index in [0.29, 0.717) is 12.2 Å². The highest BCUT2D eigenvalue weighted by molar-refractivity contribution is 7.99. The largest absolute Gasteiger partial charge is 0.350 e. The Morgan fingerprint density at radius 1 is 1.12 bits per heavy atom. The second kappa shape index (κ2) is 7.79. The Bertz CT molecular complexity index is 799. The lowest BCUT2D eigenvalue weighted by molar-refractivity contribution is 0.0951. The summed E-state index contributed by atoms with van der Waals surface area (Å²) in [5.74, 6) is 0.601. The smallest absolute Gasteiger partial charge is 0.273 e. The molecular formula is C18H18N4OS. The molecule has 0 unspecified atom stereocenters. The average Bonchev–Trinajstić information content (AvgIpc) is 3.10. The molecule has 122 valence electrons. The standard InChI is InChI=1S/C18H18N4OS/c1-14-7-9-15(10-8-14)22-13-17(20-21-22)18(23)19-11-12-24-16-5-3-2-4-6-16/h2-10,13H,11-12H2,1H3,(H,19,23). The lowest BCUT2D eigenvalue weighted by atomic mass is 10.2. The zero-order valence-corrected chi connectivity index (χ0v) is 14.2. The van der Waals surface area contributed by atoms with Gasteiger partial charge in [-0.25, -0.2) is 4.68 Å². The molecule has 0 aliphatic carbocycles. The molecule has 5 nitrogen and oxygen atoms in total. The van der Waals surface area contributed by atoms with E-state index in [2.05, 4.69) is 27.8 Å². The number of carbonyl (C=O) groups is 1. The van der Waals surface area contributed by atoms with Crippen LogP contribution in [-0.2, 0) is 0 Å². The van der Waals surface area contributed by atoms with Crippen molar-refractivity contribution in [3.05, 3.63) is 72.1 Å². The Morgan fingerprint density at radius 3 is 2.62 bits per heavy atom. The third-order valence-corrected chi connectivity index (χ3v) is 4.44. The number of hydrogen-bond acceptors (Lipinski definition) is 4. The van der Waals surface area contributed by atoms with Gasteiger partial charge in [-0.15, -0.1) is 16.9 Å². The SMILES string of the molecule is Cc1ccc(-n2cc(C(=O)NCCSc3ccccc3)nn2)cc1. The van der Waals surface area contributed by atoms with E-state index >= 15 is 0 Å². The molecule has 6 heteroatoms. The van der Waals surface area contributed by atoms with E-state index in [9.17, 15) is 4.79 Å². The fourth-order valence-electron chi connectivity index (χ4n) is 2.13. The minimum atomic E-state index is -0.206. The molecule has 0 bridgehead atoms. The number of aromatic nitrogens is 3. The molecule has 1 amide bonds. The van der Waals surface area contributed by atoms with Crippen LogP contribution in [0.15, 0.2) is 65.7 Å². The third kappa shape index (κ3) is 4.23. The number of benzene rings is 2. The first-order chi connectivity index (χ1) is 11.7. The Hall–Kier alpha value is -2.60. The minimum absolute atomic E-state index is 0.206. The van der Waals surface area contributed by atoms with E-state index in [1.54, 1.807) is 22.6 Å². The fourth-order valence-corrected chi connectivity index (χ4v) is 2.92. The van der Waals surface area contributed by atoms with Crippen LogP contribution < -0.4 is 5.32 Å². The van der Waals surface area contributed by atoms with E-state index < -0.39 is 0 Å². The first kappa shape index (κ1) is 16.3. The number of thioether (sulfide) groups is 1. The lowest BCUT2D eigenvalue weighted by Gasteiger charge is -2.03. The second-order valence-corrected chi connectivity index (χ2v) is 6.47.